The van der Waals surface area contributed by atoms with Gasteiger partial charge in [-0.05, 0) is 11.8 Å². The molecule has 0 aromatic carbocycles. The Hall–Kier alpha value is -0.170. The predicted octanol–water partition coefficient (Wildman–Crippen LogP) is -0.226. The summed E-state index contributed by atoms with van der Waals surface area (Å²) >= 11 is 0. The van der Waals surface area contributed by atoms with Crippen molar-refractivity contribution >= 4 is 10.0 Å². The van der Waals surface area contributed by atoms with E-state index in [0.29, 0.717) is 32.7 Å². The first kappa shape index (κ1) is 12.3. The van der Waals surface area contributed by atoms with Gasteiger partial charge in [-0.3, -0.25) is 0 Å². The number of hydrogen-bond acceptors (Lipinski definition) is 4. The fourth-order valence-electron chi connectivity index (χ4n) is 2.26. The molecule has 2 N–H and O–H groups in total. The summed E-state index contributed by atoms with van der Waals surface area (Å²) in [5, 5.41) is -0.367. The van der Waals surface area contributed by atoms with Crippen LogP contribution in [-0.4, -0.2) is 50.3 Å². The van der Waals surface area contributed by atoms with Crippen LogP contribution in [0.15, 0.2) is 0 Å². The van der Waals surface area contributed by atoms with Gasteiger partial charge in [0.1, 0.15) is 5.25 Å². The lowest BCUT2D eigenvalue weighted by Crippen LogP contribution is -2.39. The molecule has 2 rings (SSSR count). The largest absolute Gasteiger partial charge is 0.380 e. The molecule has 0 aromatic rings. The molecule has 0 amide bonds. The number of ether oxygens (including phenoxy) is 1. The molecule has 0 saturated carbocycles. The highest BCUT2D eigenvalue weighted by Crippen LogP contribution is 2.32. The predicted molar refractivity (Wildman–Crippen MR) is 61.5 cm³/mol. The molecule has 94 valence electrons. The van der Waals surface area contributed by atoms with E-state index in [-0.39, 0.29) is 16.7 Å². The Morgan fingerprint density at radius 3 is 2.56 bits per heavy atom. The monoisotopic (exact) mass is 248 g/mol. The van der Waals surface area contributed by atoms with E-state index in [9.17, 15) is 8.42 Å². The molecule has 5 nitrogen and oxygen atoms in total. The molecular formula is C10H20N2O3S. The van der Waals surface area contributed by atoms with Gasteiger partial charge < -0.3 is 10.5 Å². The maximum absolute atomic E-state index is 12.3. The van der Waals surface area contributed by atoms with Crippen LogP contribution in [0.4, 0.5) is 0 Å². The standard InChI is InChI=1S/C10H20N2O3S/c1-10(2)7-12(5-9(10)11)16(13,14)8-3-4-15-6-8/h8-9H,3-7,11H2,1-2H3. The number of hydrogen-bond donors (Lipinski definition) is 1. The van der Waals surface area contributed by atoms with Crippen LogP contribution in [0, 0.1) is 5.41 Å². The van der Waals surface area contributed by atoms with Gasteiger partial charge in [-0.2, -0.15) is 4.31 Å². The molecule has 2 aliphatic rings. The van der Waals surface area contributed by atoms with Gasteiger partial charge in [0, 0.05) is 25.7 Å². The number of sulfonamides is 1. The molecule has 0 aromatic heterocycles. The highest BCUT2D eigenvalue weighted by atomic mass is 32.2. The summed E-state index contributed by atoms with van der Waals surface area (Å²) < 4.78 is 31.2. The maximum Gasteiger partial charge on any atom is 0.219 e. The third-order valence-corrected chi connectivity index (χ3v) is 5.87. The van der Waals surface area contributed by atoms with Crippen LogP contribution in [0.5, 0.6) is 0 Å². The van der Waals surface area contributed by atoms with E-state index in [1.54, 1.807) is 0 Å². The molecule has 16 heavy (non-hydrogen) atoms. The van der Waals surface area contributed by atoms with E-state index in [1.807, 2.05) is 13.8 Å². The van der Waals surface area contributed by atoms with Crippen molar-refractivity contribution in [1.29, 1.82) is 0 Å². The van der Waals surface area contributed by atoms with Crippen LogP contribution in [0.25, 0.3) is 0 Å². The lowest BCUT2D eigenvalue weighted by Gasteiger charge is -2.23. The van der Waals surface area contributed by atoms with Gasteiger partial charge in [-0.15, -0.1) is 0 Å². The topological polar surface area (TPSA) is 72.6 Å². The molecule has 2 heterocycles. The van der Waals surface area contributed by atoms with Crippen LogP contribution < -0.4 is 5.73 Å². The van der Waals surface area contributed by atoms with Gasteiger partial charge in [0.25, 0.3) is 0 Å². The first-order valence-corrected chi connectivity index (χ1v) is 7.16. The minimum atomic E-state index is -3.21. The number of rotatable bonds is 2. The normalized spacial score (nSPS) is 35.7. The Bertz CT molecular complexity index is 360. The summed E-state index contributed by atoms with van der Waals surface area (Å²) in [4.78, 5) is 0. The smallest absolute Gasteiger partial charge is 0.219 e. The van der Waals surface area contributed by atoms with Crippen molar-refractivity contribution in [3.05, 3.63) is 0 Å². The third-order valence-electron chi connectivity index (χ3n) is 3.66. The fraction of sp³-hybridized carbons (Fsp3) is 1.00. The third kappa shape index (κ3) is 1.99. The minimum Gasteiger partial charge on any atom is -0.380 e. The molecule has 2 atom stereocenters. The van der Waals surface area contributed by atoms with Crippen molar-refractivity contribution in [2.45, 2.75) is 31.6 Å². The van der Waals surface area contributed by atoms with Gasteiger partial charge in [-0.25, -0.2) is 8.42 Å². The van der Waals surface area contributed by atoms with Crippen LogP contribution in [0.1, 0.15) is 20.3 Å². The Morgan fingerprint density at radius 2 is 2.12 bits per heavy atom. The zero-order valence-electron chi connectivity index (χ0n) is 9.85. The Morgan fingerprint density at radius 1 is 1.44 bits per heavy atom. The molecule has 0 aliphatic carbocycles. The molecule has 0 spiro atoms. The summed E-state index contributed by atoms with van der Waals surface area (Å²) in [6.45, 7) is 5.86. The first-order valence-electron chi connectivity index (χ1n) is 5.66. The zero-order chi connectivity index (χ0) is 12.0. The van der Waals surface area contributed by atoms with E-state index in [0.717, 1.165) is 0 Å². The second-order valence-electron chi connectivity index (χ2n) is 5.42. The van der Waals surface area contributed by atoms with Crippen molar-refractivity contribution in [3.8, 4) is 0 Å². The van der Waals surface area contributed by atoms with Crippen molar-refractivity contribution in [1.82, 2.24) is 4.31 Å². The molecule has 2 unspecified atom stereocenters. The number of nitrogens with two attached hydrogens (primary N) is 1. The second-order valence-corrected chi connectivity index (χ2v) is 7.63. The highest BCUT2D eigenvalue weighted by molar-refractivity contribution is 7.89. The average Bonchev–Trinajstić information content (AvgIpc) is 2.75. The summed E-state index contributed by atoms with van der Waals surface area (Å²) in [6.07, 6.45) is 0.606. The van der Waals surface area contributed by atoms with E-state index in [2.05, 4.69) is 0 Å². The Labute approximate surface area is 97.0 Å². The van der Waals surface area contributed by atoms with Crippen molar-refractivity contribution in [2.24, 2.45) is 11.1 Å². The van der Waals surface area contributed by atoms with Gasteiger partial charge in [0.15, 0.2) is 0 Å². The van der Waals surface area contributed by atoms with E-state index >= 15 is 0 Å². The van der Waals surface area contributed by atoms with Gasteiger partial charge in [-0.1, -0.05) is 13.8 Å². The van der Waals surface area contributed by atoms with E-state index < -0.39 is 10.0 Å². The quantitative estimate of drug-likeness (QED) is 0.733. The maximum atomic E-state index is 12.3. The van der Waals surface area contributed by atoms with Crippen molar-refractivity contribution in [3.63, 3.8) is 0 Å². The van der Waals surface area contributed by atoms with Crippen molar-refractivity contribution in [2.75, 3.05) is 26.3 Å². The summed E-state index contributed by atoms with van der Waals surface area (Å²) in [7, 11) is -3.21. The second kappa shape index (κ2) is 3.94. The lowest BCUT2D eigenvalue weighted by molar-refractivity contribution is 0.198. The molecule has 0 radical (unpaired) electrons. The zero-order valence-corrected chi connectivity index (χ0v) is 10.7. The molecule has 6 heteroatoms. The first-order chi connectivity index (χ1) is 7.34. The van der Waals surface area contributed by atoms with Gasteiger partial charge >= 0.3 is 0 Å². The van der Waals surface area contributed by atoms with Crippen LogP contribution >= 0.6 is 0 Å². The summed E-state index contributed by atoms with van der Waals surface area (Å²) in [5.74, 6) is 0. The van der Waals surface area contributed by atoms with Crippen LogP contribution in [0.3, 0.4) is 0 Å². The molecule has 2 fully saturated rings. The minimum absolute atomic E-state index is 0.0791. The average molecular weight is 248 g/mol. The molecule has 2 saturated heterocycles. The van der Waals surface area contributed by atoms with Gasteiger partial charge in [0.05, 0.1) is 6.61 Å². The fourth-order valence-corrected chi connectivity index (χ4v) is 4.22. The number of nitrogens with zero attached hydrogens (tertiary/aromatic N) is 1. The Balaban J connectivity index is 2.14. The SMILES string of the molecule is CC1(C)CN(S(=O)(=O)C2CCOC2)CC1N. The molecule has 0 bridgehead atoms. The van der Waals surface area contributed by atoms with Crippen LogP contribution in [0.2, 0.25) is 0 Å². The van der Waals surface area contributed by atoms with Gasteiger partial charge in [0.2, 0.25) is 10.0 Å². The molecular weight excluding hydrogens is 228 g/mol. The molecule has 2 aliphatic heterocycles. The summed E-state index contributed by atoms with van der Waals surface area (Å²) in [6, 6.07) is -0.0791. The van der Waals surface area contributed by atoms with Crippen LogP contribution in [-0.2, 0) is 14.8 Å². The lowest BCUT2D eigenvalue weighted by atomic mass is 9.89. The highest BCUT2D eigenvalue weighted by Gasteiger charge is 2.45. The van der Waals surface area contributed by atoms with E-state index in [4.69, 9.17) is 10.5 Å². The summed E-state index contributed by atoms with van der Waals surface area (Å²) in [5.41, 5.74) is 5.83. The van der Waals surface area contributed by atoms with E-state index in [1.165, 1.54) is 4.31 Å². The van der Waals surface area contributed by atoms with Crippen molar-refractivity contribution < 1.29 is 13.2 Å². The Kier molecular flexibility index (Phi) is 3.03.